The Morgan fingerprint density at radius 2 is 2.08 bits per heavy atom. The van der Waals surface area contributed by atoms with Gasteiger partial charge in [-0.3, -0.25) is 0 Å². The molecule has 0 amide bonds. The maximum atomic E-state index is 3.55. The van der Waals surface area contributed by atoms with Crippen LogP contribution in [-0.4, -0.2) is 18.1 Å². The molecule has 12 heavy (non-hydrogen) atoms. The highest BCUT2D eigenvalue weighted by Gasteiger charge is 2.25. The quantitative estimate of drug-likeness (QED) is 0.679. The molecule has 1 aliphatic rings. The Morgan fingerprint density at radius 3 is 2.33 bits per heavy atom. The maximum Gasteiger partial charge on any atom is 0.0980 e. The Balaban J connectivity index is 2.76. The predicted octanol–water partition coefficient (Wildman–Crippen LogP) is 2.15. The molecule has 0 aromatic heterocycles. The van der Waals surface area contributed by atoms with E-state index >= 15 is 0 Å². The third kappa shape index (κ3) is 1.43. The molecular formula is C10H20N2. The summed E-state index contributed by atoms with van der Waals surface area (Å²) in [6.07, 6.45) is 1.67. The standard InChI is InChI=1S/C10H20N2/c1-6-9-11-10(7(2)3)8(4)12(9)5/h7,9,11H,6H2,1-5H3. The van der Waals surface area contributed by atoms with Gasteiger partial charge in [0.15, 0.2) is 0 Å². The SMILES string of the molecule is CCC1NC(C(C)C)=C(C)N1C. The van der Waals surface area contributed by atoms with Gasteiger partial charge in [0.25, 0.3) is 0 Å². The van der Waals surface area contributed by atoms with Crippen LogP contribution in [0.2, 0.25) is 0 Å². The van der Waals surface area contributed by atoms with Crippen LogP contribution < -0.4 is 5.32 Å². The fraction of sp³-hybridized carbons (Fsp3) is 0.800. The van der Waals surface area contributed by atoms with Gasteiger partial charge in [-0.05, 0) is 19.3 Å². The van der Waals surface area contributed by atoms with Crippen molar-refractivity contribution in [1.29, 1.82) is 0 Å². The average Bonchev–Trinajstić information content (AvgIpc) is 2.30. The van der Waals surface area contributed by atoms with Crippen molar-refractivity contribution in [3.8, 4) is 0 Å². The zero-order valence-electron chi connectivity index (χ0n) is 8.81. The average molecular weight is 168 g/mol. The van der Waals surface area contributed by atoms with Gasteiger partial charge in [0.2, 0.25) is 0 Å². The molecule has 0 aromatic rings. The summed E-state index contributed by atoms with van der Waals surface area (Å²) in [7, 11) is 2.16. The topological polar surface area (TPSA) is 15.3 Å². The number of allylic oxidation sites excluding steroid dienone is 2. The first kappa shape index (κ1) is 9.43. The second-order valence-electron chi connectivity index (χ2n) is 3.83. The van der Waals surface area contributed by atoms with Gasteiger partial charge < -0.3 is 10.2 Å². The van der Waals surface area contributed by atoms with Crippen molar-refractivity contribution in [1.82, 2.24) is 10.2 Å². The van der Waals surface area contributed by atoms with Gasteiger partial charge in [-0.1, -0.05) is 20.8 Å². The second kappa shape index (κ2) is 3.38. The van der Waals surface area contributed by atoms with Crippen molar-refractivity contribution in [2.24, 2.45) is 5.92 Å². The first-order chi connectivity index (χ1) is 5.57. The van der Waals surface area contributed by atoms with Crippen LogP contribution in [0.1, 0.15) is 34.1 Å². The Hall–Kier alpha value is -0.660. The van der Waals surface area contributed by atoms with Gasteiger partial charge in [0.05, 0.1) is 6.17 Å². The van der Waals surface area contributed by atoms with Crippen LogP contribution in [0.3, 0.4) is 0 Å². The molecule has 2 nitrogen and oxygen atoms in total. The molecule has 1 N–H and O–H groups in total. The molecule has 0 radical (unpaired) electrons. The first-order valence-electron chi connectivity index (χ1n) is 4.78. The van der Waals surface area contributed by atoms with E-state index in [0.29, 0.717) is 12.1 Å². The van der Waals surface area contributed by atoms with Crippen LogP contribution in [0.15, 0.2) is 11.4 Å². The van der Waals surface area contributed by atoms with Gasteiger partial charge in [-0.25, -0.2) is 0 Å². The number of rotatable bonds is 2. The highest BCUT2D eigenvalue weighted by molar-refractivity contribution is 5.18. The van der Waals surface area contributed by atoms with Gasteiger partial charge in [-0.15, -0.1) is 0 Å². The third-order valence-electron chi connectivity index (χ3n) is 2.67. The molecule has 1 heterocycles. The lowest BCUT2D eigenvalue weighted by Crippen LogP contribution is -2.34. The van der Waals surface area contributed by atoms with Crippen molar-refractivity contribution in [3.63, 3.8) is 0 Å². The molecule has 2 heteroatoms. The summed E-state index contributed by atoms with van der Waals surface area (Å²) in [4.78, 5) is 2.33. The zero-order chi connectivity index (χ0) is 9.30. The van der Waals surface area contributed by atoms with Crippen LogP contribution in [0, 0.1) is 5.92 Å². The Morgan fingerprint density at radius 1 is 1.50 bits per heavy atom. The molecule has 1 atom stereocenters. The summed E-state index contributed by atoms with van der Waals surface area (Å²) in [6, 6.07) is 0. The van der Waals surface area contributed by atoms with Crippen LogP contribution in [0.4, 0.5) is 0 Å². The minimum atomic E-state index is 0.516. The molecule has 70 valence electrons. The molecule has 0 aromatic carbocycles. The minimum Gasteiger partial charge on any atom is -0.367 e. The largest absolute Gasteiger partial charge is 0.367 e. The lowest BCUT2D eigenvalue weighted by molar-refractivity contribution is 0.301. The number of nitrogens with zero attached hydrogens (tertiary/aromatic N) is 1. The fourth-order valence-corrected chi connectivity index (χ4v) is 1.76. The van der Waals surface area contributed by atoms with E-state index in [1.165, 1.54) is 11.4 Å². The van der Waals surface area contributed by atoms with E-state index in [2.05, 4.69) is 45.0 Å². The van der Waals surface area contributed by atoms with Gasteiger partial charge in [0, 0.05) is 18.4 Å². The molecule has 1 unspecified atom stereocenters. The summed E-state index contributed by atoms with van der Waals surface area (Å²) in [5.74, 6) is 0.615. The van der Waals surface area contributed by atoms with E-state index in [1.54, 1.807) is 0 Å². The summed E-state index contributed by atoms with van der Waals surface area (Å²) in [5, 5.41) is 3.55. The van der Waals surface area contributed by atoms with Crippen LogP contribution in [0.5, 0.6) is 0 Å². The van der Waals surface area contributed by atoms with E-state index in [4.69, 9.17) is 0 Å². The molecular weight excluding hydrogens is 148 g/mol. The van der Waals surface area contributed by atoms with Gasteiger partial charge in [0.1, 0.15) is 0 Å². The van der Waals surface area contributed by atoms with E-state index in [0.717, 1.165) is 6.42 Å². The Bertz CT molecular complexity index is 194. The third-order valence-corrected chi connectivity index (χ3v) is 2.67. The molecule has 1 rings (SSSR count). The predicted molar refractivity (Wildman–Crippen MR) is 52.5 cm³/mol. The lowest BCUT2D eigenvalue weighted by Gasteiger charge is -2.21. The van der Waals surface area contributed by atoms with E-state index < -0.39 is 0 Å². The molecule has 0 bridgehead atoms. The molecule has 0 saturated carbocycles. The van der Waals surface area contributed by atoms with E-state index in [-0.39, 0.29) is 0 Å². The van der Waals surface area contributed by atoms with E-state index in [1.807, 2.05) is 0 Å². The normalized spacial score (nSPS) is 23.8. The van der Waals surface area contributed by atoms with Crippen LogP contribution in [-0.2, 0) is 0 Å². The van der Waals surface area contributed by atoms with Crippen LogP contribution >= 0.6 is 0 Å². The lowest BCUT2D eigenvalue weighted by atomic mass is 10.1. The fourth-order valence-electron chi connectivity index (χ4n) is 1.76. The summed E-state index contributed by atoms with van der Waals surface area (Å²) in [6.45, 7) is 8.87. The number of nitrogens with one attached hydrogen (secondary N) is 1. The molecule has 1 aliphatic heterocycles. The van der Waals surface area contributed by atoms with Crippen molar-refractivity contribution in [2.45, 2.75) is 40.3 Å². The Labute approximate surface area is 75.6 Å². The molecule has 0 spiro atoms. The zero-order valence-corrected chi connectivity index (χ0v) is 8.81. The smallest absolute Gasteiger partial charge is 0.0980 e. The minimum absolute atomic E-state index is 0.516. The first-order valence-corrected chi connectivity index (χ1v) is 4.78. The highest BCUT2D eigenvalue weighted by atomic mass is 15.3. The van der Waals surface area contributed by atoms with Crippen molar-refractivity contribution in [3.05, 3.63) is 11.4 Å². The summed E-state index contributed by atoms with van der Waals surface area (Å²) < 4.78 is 0. The van der Waals surface area contributed by atoms with Crippen molar-refractivity contribution in [2.75, 3.05) is 7.05 Å². The van der Waals surface area contributed by atoms with Crippen LogP contribution in [0.25, 0.3) is 0 Å². The van der Waals surface area contributed by atoms with Crippen molar-refractivity contribution < 1.29 is 0 Å². The number of hydrogen-bond donors (Lipinski definition) is 1. The highest BCUT2D eigenvalue weighted by Crippen LogP contribution is 2.24. The molecule has 0 fully saturated rings. The summed E-state index contributed by atoms with van der Waals surface area (Å²) >= 11 is 0. The Kier molecular flexibility index (Phi) is 2.65. The maximum absolute atomic E-state index is 3.55. The second-order valence-corrected chi connectivity index (χ2v) is 3.83. The van der Waals surface area contributed by atoms with E-state index in [9.17, 15) is 0 Å². The summed E-state index contributed by atoms with van der Waals surface area (Å²) in [5.41, 5.74) is 2.81. The number of hydrogen-bond acceptors (Lipinski definition) is 2. The molecule has 0 aliphatic carbocycles. The van der Waals surface area contributed by atoms with Gasteiger partial charge >= 0.3 is 0 Å². The van der Waals surface area contributed by atoms with Crippen molar-refractivity contribution >= 4 is 0 Å². The van der Waals surface area contributed by atoms with Gasteiger partial charge in [-0.2, -0.15) is 0 Å². The monoisotopic (exact) mass is 168 g/mol. The molecule has 0 saturated heterocycles.